The molecule has 1 rings (SSSR count). The van der Waals surface area contributed by atoms with E-state index in [1.54, 1.807) is 26.8 Å². The minimum absolute atomic E-state index is 0.254. The lowest BCUT2D eigenvalue weighted by Gasteiger charge is -2.19. The van der Waals surface area contributed by atoms with Gasteiger partial charge in [0.2, 0.25) is 0 Å². The normalized spacial score (nSPS) is 11.1. The lowest BCUT2D eigenvalue weighted by molar-refractivity contribution is 0.510. The van der Waals surface area contributed by atoms with E-state index in [1.165, 1.54) is 0 Å². The smallest absolute Gasteiger partial charge is 0.141 e. The first kappa shape index (κ1) is 10.6. The topological polar surface area (TPSA) is 23.8 Å². The second kappa shape index (κ2) is 3.38. The minimum Gasteiger partial charge on any atom is -0.207 e. The van der Waals surface area contributed by atoms with Gasteiger partial charge in [-0.3, -0.25) is 0 Å². The first-order chi connectivity index (χ1) is 6.36. The highest BCUT2D eigenvalue weighted by atomic mass is 19.1. The predicted molar refractivity (Wildman–Crippen MR) is 49.8 cm³/mol. The fraction of sp³-hybridized carbons (Fsp3) is 0.364. The van der Waals surface area contributed by atoms with E-state index >= 15 is 0 Å². The lowest BCUT2D eigenvalue weighted by atomic mass is 9.86. The Labute approximate surface area is 82.0 Å². The maximum Gasteiger partial charge on any atom is 0.141 e. The van der Waals surface area contributed by atoms with Crippen LogP contribution in [0.2, 0.25) is 0 Å². The standard InChI is InChI=1S/C11H11F2N/c1-11(2,3)8-5-9(12)7(6-14)4-10(8)13/h4-5H,1-3H3. The summed E-state index contributed by atoms with van der Waals surface area (Å²) in [5, 5.41) is 8.48. The van der Waals surface area contributed by atoms with Gasteiger partial charge in [0.15, 0.2) is 0 Å². The van der Waals surface area contributed by atoms with E-state index in [0.717, 1.165) is 12.1 Å². The number of nitrogens with zero attached hydrogens (tertiary/aromatic N) is 1. The van der Waals surface area contributed by atoms with E-state index < -0.39 is 17.0 Å². The molecular weight excluding hydrogens is 184 g/mol. The molecule has 0 spiro atoms. The third kappa shape index (κ3) is 1.90. The zero-order valence-electron chi connectivity index (χ0n) is 8.36. The van der Waals surface area contributed by atoms with Crippen LogP contribution in [-0.4, -0.2) is 0 Å². The number of hydrogen-bond donors (Lipinski definition) is 0. The fourth-order valence-electron chi connectivity index (χ4n) is 1.21. The molecule has 0 unspecified atom stereocenters. The SMILES string of the molecule is CC(C)(C)c1cc(F)c(C#N)cc1F. The molecule has 0 atom stereocenters. The molecule has 0 aliphatic rings. The molecule has 0 amide bonds. The van der Waals surface area contributed by atoms with Crippen LogP contribution in [-0.2, 0) is 5.41 Å². The van der Waals surface area contributed by atoms with E-state index in [9.17, 15) is 8.78 Å². The average molecular weight is 195 g/mol. The summed E-state index contributed by atoms with van der Waals surface area (Å²) < 4.78 is 26.6. The molecule has 0 aliphatic heterocycles. The Morgan fingerprint density at radius 2 is 1.71 bits per heavy atom. The Morgan fingerprint density at radius 1 is 1.14 bits per heavy atom. The van der Waals surface area contributed by atoms with Crippen LogP contribution in [0.15, 0.2) is 12.1 Å². The molecule has 0 aliphatic carbocycles. The molecule has 0 bridgehead atoms. The van der Waals surface area contributed by atoms with Crippen molar-refractivity contribution >= 4 is 0 Å². The molecule has 1 nitrogen and oxygen atoms in total. The van der Waals surface area contributed by atoms with Crippen molar-refractivity contribution in [3.05, 3.63) is 34.9 Å². The van der Waals surface area contributed by atoms with Crippen molar-refractivity contribution in [3.8, 4) is 6.07 Å². The predicted octanol–water partition coefficient (Wildman–Crippen LogP) is 3.13. The van der Waals surface area contributed by atoms with Gasteiger partial charge in [-0.05, 0) is 23.1 Å². The highest BCUT2D eigenvalue weighted by Gasteiger charge is 2.20. The summed E-state index contributed by atoms with van der Waals surface area (Å²) in [6.45, 7) is 5.37. The van der Waals surface area contributed by atoms with Gasteiger partial charge < -0.3 is 0 Å². The summed E-state index contributed by atoms with van der Waals surface area (Å²) in [6.07, 6.45) is 0. The third-order valence-electron chi connectivity index (χ3n) is 1.99. The van der Waals surface area contributed by atoms with Gasteiger partial charge in [0, 0.05) is 0 Å². The Balaban J connectivity index is 3.38. The van der Waals surface area contributed by atoms with E-state index in [0.29, 0.717) is 0 Å². The van der Waals surface area contributed by atoms with Gasteiger partial charge >= 0.3 is 0 Å². The van der Waals surface area contributed by atoms with Gasteiger partial charge in [-0.2, -0.15) is 5.26 Å². The Bertz CT molecular complexity index is 397. The minimum atomic E-state index is -0.668. The number of rotatable bonds is 0. The molecular formula is C11H11F2N. The van der Waals surface area contributed by atoms with Gasteiger partial charge in [-0.1, -0.05) is 20.8 Å². The van der Waals surface area contributed by atoms with Crippen LogP contribution in [0.4, 0.5) is 8.78 Å². The molecule has 0 saturated carbocycles. The summed E-state index contributed by atoms with van der Waals surface area (Å²) in [6, 6.07) is 3.63. The fourth-order valence-corrected chi connectivity index (χ4v) is 1.21. The van der Waals surface area contributed by atoms with Crippen molar-refractivity contribution < 1.29 is 8.78 Å². The van der Waals surface area contributed by atoms with Crippen molar-refractivity contribution in [2.24, 2.45) is 0 Å². The molecule has 1 aromatic rings. The number of benzene rings is 1. The van der Waals surface area contributed by atoms with Crippen LogP contribution in [0.3, 0.4) is 0 Å². The maximum absolute atomic E-state index is 13.4. The van der Waals surface area contributed by atoms with Crippen molar-refractivity contribution in [1.29, 1.82) is 5.26 Å². The average Bonchev–Trinajstić information content (AvgIpc) is 2.06. The highest BCUT2D eigenvalue weighted by Crippen LogP contribution is 2.26. The molecule has 0 fully saturated rings. The van der Waals surface area contributed by atoms with E-state index in [4.69, 9.17) is 5.26 Å². The second-order valence-corrected chi connectivity index (χ2v) is 4.17. The second-order valence-electron chi connectivity index (χ2n) is 4.17. The summed E-state index contributed by atoms with van der Waals surface area (Å²) >= 11 is 0. The lowest BCUT2D eigenvalue weighted by Crippen LogP contribution is -2.14. The Hall–Kier alpha value is -1.43. The first-order valence-corrected chi connectivity index (χ1v) is 4.26. The summed E-state index contributed by atoms with van der Waals surface area (Å²) in [5.41, 5.74) is -0.427. The van der Waals surface area contributed by atoms with Crippen LogP contribution in [0.1, 0.15) is 31.9 Å². The monoisotopic (exact) mass is 195 g/mol. The van der Waals surface area contributed by atoms with Crippen molar-refractivity contribution in [2.75, 3.05) is 0 Å². The summed E-state index contributed by atoms with van der Waals surface area (Å²) in [7, 11) is 0. The van der Waals surface area contributed by atoms with E-state index in [-0.39, 0.29) is 11.1 Å². The van der Waals surface area contributed by atoms with Crippen LogP contribution in [0.25, 0.3) is 0 Å². The molecule has 74 valence electrons. The number of hydrogen-bond acceptors (Lipinski definition) is 1. The first-order valence-electron chi connectivity index (χ1n) is 4.26. The molecule has 0 N–H and O–H groups in total. The molecule has 1 aromatic carbocycles. The van der Waals surface area contributed by atoms with Crippen molar-refractivity contribution in [3.63, 3.8) is 0 Å². The van der Waals surface area contributed by atoms with Gasteiger partial charge in [-0.15, -0.1) is 0 Å². The molecule has 0 aromatic heterocycles. The molecule has 3 heteroatoms. The molecule has 14 heavy (non-hydrogen) atoms. The summed E-state index contributed by atoms with van der Waals surface area (Å²) in [5.74, 6) is -1.20. The van der Waals surface area contributed by atoms with Crippen LogP contribution in [0.5, 0.6) is 0 Å². The molecule has 0 radical (unpaired) electrons. The molecule has 0 saturated heterocycles. The van der Waals surface area contributed by atoms with Crippen LogP contribution >= 0.6 is 0 Å². The van der Waals surface area contributed by atoms with Gasteiger partial charge in [0.25, 0.3) is 0 Å². The van der Waals surface area contributed by atoms with Crippen LogP contribution < -0.4 is 0 Å². The van der Waals surface area contributed by atoms with Crippen molar-refractivity contribution in [2.45, 2.75) is 26.2 Å². The molecule has 0 heterocycles. The van der Waals surface area contributed by atoms with Crippen molar-refractivity contribution in [1.82, 2.24) is 0 Å². The summed E-state index contributed by atoms with van der Waals surface area (Å²) in [4.78, 5) is 0. The highest BCUT2D eigenvalue weighted by molar-refractivity contribution is 5.37. The number of halogens is 2. The van der Waals surface area contributed by atoms with Gasteiger partial charge in [-0.25, -0.2) is 8.78 Å². The zero-order chi connectivity index (χ0) is 10.9. The largest absolute Gasteiger partial charge is 0.207 e. The Kier molecular flexibility index (Phi) is 2.57. The maximum atomic E-state index is 13.4. The van der Waals surface area contributed by atoms with E-state index in [1.807, 2.05) is 0 Å². The van der Waals surface area contributed by atoms with Crippen LogP contribution in [0, 0.1) is 23.0 Å². The van der Waals surface area contributed by atoms with E-state index in [2.05, 4.69) is 0 Å². The Morgan fingerprint density at radius 3 is 2.14 bits per heavy atom. The van der Waals surface area contributed by atoms with Gasteiger partial charge in [0.05, 0.1) is 5.56 Å². The third-order valence-corrected chi connectivity index (χ3v) is 1.99. The zero-order valence-corrected chi connectivity index (χ0v) is 8.36. The van der Waals surface area contributed by atoms with Gasteiger partial charge in [0.1, 0.15) is 17.7 Å². The quantitative estimate of drug-likeness (QED) is 0.623. The number of nitriles is 1.